The molecule has 1 aromatic carbocycles. The van der Waals surface area contributed by atoms with Crippen molar-refractivity contribution in [3.8, 4) is 17.3 Å². The van der Waals surface area contributed by atoms with Crippen LogP contribution in [0.25, 0.3) is 5.69 Å². The van der Waals surface area contributed by atoms with Crippen molar-refractivity contribution in [3.63, 3.8) is 0 Å². The third kappa shape index (κ3) is 4.35. The molecule has 1 fully saturated rings. The fraction of sp³-hybridized carbons (Fsp3) is 0.391. The number of hydrogen-bond donors (Lipinski definition) is 2. The van der Waals surface area contributed by atoms with Gasteiger partial charge in [-0.3, -0.25) is 14.9 Å². The Morgan fingerprint density at radius 1 is 1.06 bits per heavy atom. The van der Waals surface area contributed by atoms with Crippen LogP contribution < -0.4 is 15.7 Å². The molecule has 2 heterocycles. The van der Waals surface area contributed by atoms with E-state index in [-0.39, 0.29) is 17.5 Å². The minimum atomic E-state index is -4.82. The lowest BCUT2D eigenvalue weighted by Crippen LogP contribution is -2.56. The first-order valence-electron chi connectivity index (χ1n) is 10.8. The number of nitrogens with one attached hydrogen (secondary N) is 1. The van der Waals surface area contributed by atoms with Gasteiger partial charge < -0.3 is 9.84 Å². The molecule has 0 amide bonds. The van der Waals surface area contributed by atoms with Crippen molar-refractivity contribution >= 4 is 0 Å². The van der Waals surface area contributed by atoms with Gasteiger partial charge in [0.15, 0.2) is 0 Å². The van der Waals surface area contributed by atoms with E-state index in [1.807, 2.05) is 12.1 Å². The molecule has 0 aliphatic heterocycles. The summed E-state index contributed by atoms with van der Waals surface area (Å²) >= 11 is 0. The summed E-state index contributed by atoms with van der Waals surface area (Å²) in [6.07, 6.45) is 4.84. The van der Waals surface area contributed by atoms with E-state index in [0.717, 1.165) is 54.4 Å². The molecule has 0 spiro atoms. The van der Waals surface area contributed by atoms with E-state index in [1.54, 1.807) is 19.4 Å². The molecule has 1 atom stereocenters. The fourth-order valence-electron chi connectivity index (χ4n) is 4.89. The number of nitrogens with zero attached hydrogens (tertiary/aromatic N) is 3. The van der Waals surface area contributed by atoms with E-state index < -0.39 is 23.5 Å². The van der Waals surface area contributed by atoms with Crippen molar-refractivity contribution in [1.82, 2.24) is 19.4 Å². The van der Waals surface area contributed by atoms with E-state index in [2.05, 4.69) is 15.0 Å². The van der Waals surface area contributed by atoms with E-state index >= 15 is 0 Å². The molecule has 1 aliphatic carbocycles. The minimum absolute atomic E-state index is 0.0779. The van der Waals surface area contributed by atoms with Crippen molar-refractivity contribution in [3.05, 3.63) is 71.0 Å². The largest absolute Gasteiger partial charge is 0.573 e. The maximum Gasteiger partial charge on any atom is 0.573 e. The van der Waals surface area contributed by atoms with Crippen LogP contribution >= 0.6 is 0 Å². The van der Waals surface area contributed by atoms with E-state index in [9.17, 15) is 23.1 Å². The van der Waals surface area contributed by atoms with Crippen LogP contribution in [0.3, 0.4) is 0 Å². The fourth-order valence-corrected chi connectivity index (χ4v) is 4.89. The van der Waals surface area contributed by atoms with Gasteiger partial charge in [0, 0.05) is 18.3 Å². The third-order valence-electron chi connectivity index (χ3n) is 6.28. The average Bonchev–Trinajstić information content (AvgIpc) is 3.10. The number of halogens is 3. The Bertz CT molecular complexity index is 1140. The van der Waals surface area contributed by atoms with Crippen molar-refractivity contribution < 1.29 is 23.0 Å². The van der Waals surface area contributed by atoms with Gasteiger partial charge in [-0.15, -0.1) is 13.2 Å². The van der Waals surface area contributed by atoms with Gasteiger partial charge in [0.2, 0.25) is 5.88 Å². The zero-order chi connectivity index (χ0) is 23.6. The Morgan fingerprint density at radius 3 is 2.27 bits per heavy atom. The number of pyridine rings is 1. The first kappa shape index (κ1) is 22.9. The number of imidazole rings is 1. The lowest BCUT2D eigenvalue weighted by atomic mass is 9.76. The van der Waals surface area contributed by atoms with Gasteiger partial charge in [-0.25, -0.2) is 9.36 Å². The van der Waals surface area contributed by atoms with Crippen molar-refractivity contribution in [1.29, 1.82) is 0 Å². The third-order valence-corrected chi connectivity index (χ3v) is 6.28. The topological polar surface area (TPSA) is 81.3 Å². The van der Waals surface area contributed by atoms with Crippen LogP contribution in [0, 0.1) is 5.92 Å². The second-order valence-corrected chi connectivity index (χ2v) is 8.10. The highest BCUT2D eigenvalue weighted by Gasteiger charge is 2.43. The van der Waals surface area contributed by atoms with E-state index in [0.29, 0.717) is 0 Å². The summed E-state index contributed by atoms with van der Waals surface area (Å²) in [6, 6.07) is 8.47. The number of alkyl halides is 3. The molecule has 176 valence electrons. The zero-order valence-corrected chi connectivity index (χ0v) is 18.0. The molecule has 3 aromatic rings. The van der Waals surface area contributed by atoms with Gasteiger partial charge in [-0.1, -0.05) is 19.3 Å². The molecule has 0 bridgehead atoms. The summed E-state index contributed by atoms with van der Waals surface area (Å²) in [5.74, 6) is -0.662. The molecular formula is C23H25F3N4O3. The average molecular weight is 462 g/mol. The summed E-state index contributed by atoms with van der Waals surface area (Å²) < 4.78 is 43.9. The molecular weight excluding hydrogens is 437 g/mol. The Kier molecular flexibility index (Phi) is 6.20. The van der Waals surface area contributed by atoms with Crippen molar-refractivity contribution in [2.45, 2.75) is 44.1 Å². The van der Waals surface area contributed by atoms with Gasteiger partial charge in [0.05, 0.1) is 11.9 Å². The highest BCUT2D eigenvalue weighted by atomic mass is 19.4. The van der Waals surface area contributed by atoms with Crippen molar-refractivity contribution in [2.75, 3.05) is 7.05 Å². The van der Waals surface area contributed by atoms with E-state index in [1.165, 1.54) is 22.9 Å². The monoisotopic (exact) mass is 462 g/mol. The predicted octanol–water partition coefficient (Wildman–Crippen LogP) is 4.14. The van der Waals surface area contributed by atoms with Crippen molar-refractivity contribution in [2.24, 2.45) is 5.92 Å². The van der Waals surface area contributed by atoms with Gasteiger partial charge in [-0.05, 0) is 61.9 Å². The molecule has 1 aliphatic rings. The number of ether oxygens (including phenoxy) is 1. The number of benzene rings is 1. The normalized spacial score (nSPS) is 17.0. The second-order valence-electron chi connectivity index (χ2n) is 8.10. The van der Waals surface area contributed by atoms with Crippen LogP contribution in [0.4, 0.5) is 13.2 Å². The molecule has 4 rings (SSSR count). The van der Waals surface area contributed by atoms with Crippen LogP contribution in [0.15, 0.2) is 59.8 Å². The summed E-state index contributed by atoms with van der Waals surface area (Å²) in [7, 11) is 1.78. The first-order valence-corrected chi connectivity index (χ1v) is 10.8. The van der Waals surface area contributed by atoms with Crippen LogP contribution in [0.1, 0.15) is 37.7 Å². The smallest absolute Gasteiger partial charge is 0.493 e. The lowest BCUT2D eigenvalue weighted by Gasteiger charge is -2.43. The standard InChI is InChI=1S/C23H25F3N4O3/c1-27-22(16-5-3-2-4-6-16,17-11-13-28-14-12-17)29-15-20(31)30(21(29)32)18-7-9-19(10-8-18)33-23(24,25)26/h7-16,27,31H,2-6H2,1H3. The Hall–Kier alpha value is -3.27. The number of aromatic nitrogens is 3. The maximum absolute atomic E-state index is 13.6. The van der Waals surface area contributed by atoms with Crippen LogP contribution in [-0.4, -0.2) is 32.6 Å². The molecule has 7 nitrogen and oxygen atoms in total. The number of hydrogen-bond acceptors (Lipinski definition) is 5. The van der Waals surface area contributed by atoms with E-state index in [4.69, 9.17) is 0 Å². The van der Waals surface area contributed by atoms with Gasteiger partial charge >= 0.3 is 12.1 Å². The number of rotatable bonds is 6. The maximum atomic E-state index is 13.6. The lowest BCUT2D eigenvalue weighted by molar-refractivity contribution is -0.274. The highest BCUT2D eigenvalue weighted by molar-refractivity contribution is 5.40. The molecule has 33 heavy (non-hydrogen) atoms. The Balaban J connectivity index is 1.82. The highest BCUT2D eigenvalue weighted by Crippen LogP contribution is 2.40. The molecule has 0 radical (unpaired) electrons. The molecule has 2 N–H and O–H groups in total. The van der Waals surface area contributed by atoms with Gasteiger partial charge in [0.1, 0.15) is 11.4 Å². The molecule has 10 heteroatoms. The first-order chi connectivity index (χ1) is 15.8. The summed E-state index contributed by atoms with van der Waals surface area (Å²) in [4.78, 5) is 17.7. The van der Waals surface area contributed by atoms with Gasteiger partial charge in [-0.2, -0.15) is 0 Å². The van der Waals surface area contributed by atoms with Crippen LogP contribution in [-0.2, 0) is 5.66 Å². The summed E-state index contributed by atoms with van der Waals surface area (Å²) in [5.41, 5.74) is -0.398. The molecule has 1 saturated carbocycles. The zero-order valence-electron chi connectivity index (χ0n) is 18.0. The molecule has 1 unspecified atom stereocenters. The summed E-state index contributed by atoms with van der Waals surface area (Å²) in [5, 5.41) is 14.1. The predicted molar refractivity (Wildman–Crippen MR) is 115 cm³/mol. The van der Waals surface area contributed by atoms with Crippen LogP contribution in [0.2, 0.25) is 0 Å². The molecule has 0 saturated heterocycles. The second kappa shape index (κ2) is 8.93. The Morgan fingerprint density at radius 2 is 1.70 bits per heavy atom. The minimum Gasteiger partial charge on any atom is -0.493 e. The molecule has 2 aromatic heterocycles. The quantitative estimate of drug-likeness (QED) is 0.576. The summed E-state index contributed by atoms with van der Waals surface area (Å²) in [6.45, 7) is 0. The van der Waals surface area contributed by atoms with Gasteiger partial charge in [0.25, 0.3) is 0 Å². The van der Waals surface area contributed by atoms with Crippen LogP contribution in [0.5, 0.6) is 11.6 Å². The Labute approximate surface area is 188 Å². The number of aromatic hydroxyl groups is 1. The SMILES string of the molecule is CNC(c1ccncc1)(C1CCCCC1)n1cc(O)n(-c2ccc(OC(F)(F)F)cc2)c1=O.